The number of anilines is 2. The number of imide groups is 1. The molecule has 26 heavy (non-hydrogen) atoms. The number of nitrogens with zero attached hydrogens (tertiary/aromatic N) is 3. The highest BCUT2D eigenvalue weighted by atomic mass is 32.2. The molecular formula is C14H14N4O5S3. The first-order valence-corrected chi connectivity index (χ1v) is 10.8. The van der Waals surface area contributed by atoms with Crippen molar-refractivity contribution in [3.05, 3.63) is 18.2 Å². The first-order valence-electron chi connectivity index (χ1n) is 7.30. The third-order valence-corrected chi connectivity index (χ3v) is 6.84. The number of amides is 2. The highest BCUT2D eigenvalue weighted by Gasteiger charge is 2.33. The minimum atomic E-state index is -3.98. The number of hydrogen-bond donors (Lipinski definition) is 1. The third kappa shape index (κ3) is 3.52. The molecule has 0 spiro atoms. The lowest BCUT2D eigenvalue weighted by molar-refractivity contribution is -0.121. The van der Waals surface area contributed by atoms with Gasteiger partial charge in [0.05, 0.1) is 17.7 Å². The molecule has 1 aliphatic rings. The average Bonchev–Trinajstić information content (AvgIpc) is 3.20. The average molecular weight is 414 g/mol. The van der Waals surface area contributed by atoms with Gasteiger partial charge >= 0.3 is 0 Å². The fourth-order valence-electron chi connectivity index (χ4n) is 2.36. The van der Waals surface area contributed by atoms with Crippen molar-refractivity contribution in [3.63, 3.8) is 0 Å². The largest absolute Gasteiger partial charge is 0.495 e. The van der Waals surface area contributed by atoms with Crippen molar-refractivity contribution in [2.75, 3.05) is 23.0 Å². The summed E-state index contributed by atoms with van der Waals surface area (Å²) < 4.78 is 33.4. The van der Waals surface area contributed by atoms with Crippen molar-refractivity contribution in [1.29, 1.82) is 0 Å². The van der Waals surface area contributed by atoms with Crippen LogP contribution >= 0.6 is 23.1 Å². The Labute approximate surface area is 157 Å². The van der Waals surface area contributed by atoms with Crippen LogP contribution in [0.2, 0.25) is 0 Å². The number of ether oxygens (including phenoxy) is 1. The number of carbonyl (C=O) groups is 2. The van der Waals surface area contributed by atoms with Gasteiger partial charge in [0.2, 0.25) is 16.9 Å². The number of sulfonamides is 1. The summed E-state index contributed by atoms with van der Waals surface area (Å²) in [6, 6.07) is 3.96. The minimum absolute atomic E-state index is 0.0828. The second kappa shape index (κ2) is 7.21. The Morgan fingerprint density at radius 1 is 1.23 bits per heavy atom. The van der Waals surface area contributed by atoms with Gasteiger partial charge in [-0.25, -0.2) is 13.3 Å². The Kier molecular flexibility index (Phi) is 5.16. The minimum Gasteiger partial charge on any atom is -0.495 e. The van der Waals surface area contributed by atoms with Gasteiger partial charge in [0, 0.05) is 12.8 Å². The van der Waals surface area contributed by atoms with E-state index in [9.17, 15) is 18.0 Å². The maximum absolute atomic E-state index is 12.6. The molecule has 9 nitrogen and oxygen atoms in total. The maximum atomic E-state index is 12.6. The highest BCUT2D eigenvalue weighted by Crippen LogP contribution is 2.35. The third-order valence-electron chi connectivity index (χ3n) is 3.56. The van der Waals surface area contributed by atoms with Crippen LogP contribution in [0.4, 0.5) is 10.8 Å². The molecular weight excluding hydrogens is 400 g/mol. The van der Waals surface area contributed by atoms with E-state index in [1.54, 1.807) is 6.26 Å². The second-order valence-electron chi connectivity index (χ2n) is 5.14. The molecule has 0 bridgehead atoms. The summed E-state index contributed by atoms with van der Waals surface area (Å²) in [6.45, 7) is 0. The molecule has 0 radical (unpaired) electrons. The first kappa shape index (κ1) is 18.6. The molecule has 1 saturated heterocycles. The number of benzene rings is 1. The number of aromatic nitrogens is 2. The first-order chi connectivity index (χ1) is 12.4. The molecule has 0 aliphatic carbocycles. The quantitative estimate of drug-likeness (QED) is 0.561. The summed E-state index contributed by atoms with van der Waals surface area (Å²) in [5, 5.41) is 7.72. The number of thioether (sulfide) groups is 1. The van der Waals surface area contributed by atoms with Crippen LogP contribution in [0.25, 0.3) is 0 Å². The molecule has 138 valence electrons. The molecule has 2 amide bonds. The fourth-order valence-corrected chi connectivity index (χ4v) is 4.78. The van der Waals surface area contributed by atoms with Gasteiger partial charge in [-0.1, -0.05) is 23.1 Å². The van der Waals surface area contributed by atoms with E-state index in [0.29, 0.717) is 4.34 Å². The van der Waals surface area contributed by atoms with Crippen LogP contribution in [0.15, 0.2) is 27.4 Å². The smallest absolute Gasteiger partial charge is 0.263 e. The number of nitrogens with one attached hydrogen (secondary N) is 1. The van der Waals surface area contributed by atoms with Gasteiger partial charge < -0.3 is 4.74 Å². The molecule has 1 aromatic heterocycles. The molecule has 2 heterocycles. The van der Waals surface area contributed by atoms with Crippen molar-refractivity contribution in [2.24, 2.45) is 0 Å². The van der Waals surface area contributed by atoms with E-state index in [1.165, 1.54) is 37.1 Å². The summed E-state index contributed by atoms with van der Waals surface area (Å²) in [5.41, 5.74) is 0.102. The zero-order valence-corrected chi connectivity index (χ0v) is 16.2. The monoisotopic (exact) mass is 414 g/mol. The van der Waals surface area contributed by atoms with E-state index in [2.05, 4.69) is 14.9 Å². The topological polar surface area (TPSA) is 119 Å². The summed E-state index contributed by atoms with van der Waals surface area (Å²) in [5.74, 6) is -0.567. The zero-order chi connectivity index (χ0) is 18.9. The van der Waals surface area contributed by atoms with Crippen LogP contribution < -0.4 is 14.4 Å². The van der Waals surface area contributed by atoms with Crippen LogP contribution in [0.3, 0.4) is 0 Å². The Bertz CT molecular complexity index is 957. The van der Waals surface area contributed by atoms with Crippen LogP contribution in [0, 0.1) is 0 Å². The van der Waals surface area contributed by atoms with Crippen LogP contribution in [0.1, 0.15) is 12.8 Å². The van der Waals surface area contributed by atoms with Gasteiger partial charge in [0.15, 0.2) is 4.34 Å². The second-order valence-corrected chi connectivity index (χ2v) is 8.85. The Balaban J connectivity index is 1.98. The standard InChI is InChI=1S/C14H14N4O5S3/c1-23-10-4-3-8(7-9(10)18-11(19)5-6-12(18)20)26(21,22)17-13-15-16-14(24-2)25-13/h3-4,7H,5-6H2,1-2H3,(H,15,17). The van der Waals surface area contributed by atoms with Crippen LogP contribution in [0.5, 0.6) is 5.75 Å². The predicted molar refractivity (Wildman–Crippen MR) is 97.2 cm³/mol. The number of hydrogen-bond acceptors (Lipinski definition) is 9. The summed E-state index contributed by atoms with van der Waals surface area (Å²) in [7, 11) is -2.60. The lowest BCUT2D eigenvalue weighted by Gasteiger charge is -2.18. The summed E-state index contributed by atoms with van der Waals surface area (Å²) >= 11 is 2.45. The van der Waals surface area contributed by atoms with E-state index >= 15 is 0 Å². The molecule has 3 rings (SSSR count). The van der Waals surface area contributed by atoms with Crippen molar-refractivity contribution < 1.29 is 22.7 Å². The molecule has 1 aliphatic heterocycles. The van der Waals surface area contributed by atoms with Crippen molar-refractivity contribution in [1.82, 2.24) is 10.2 Å². The SMILES string of the molecule is COc1ccc(S(=O)(=O)Nc2nnc(SC)s2)cc1N1C(=O)CCC1=O. The molecule has 1 aromatic carbocycles. The molecule has 1 N–H and O–H groups in total. The lowest BCUT2D eigenvalue weighted by atomic mass is 10.2. The van der Waals surface area contributed by atoms with E-state index in [-0.39, 0.29) is 34.3 Å². The van der Waals surface area contributed by atoms with Gasteiger partial charge in [-0.2, -0.15) is 0 Å². The zero-order valence-electron chi connectivity index (χ0n) is 13.8. The van der Waals surface area contributed by atoms with Gasteiger partial charge in [0.25, 0.3) is 10.0 Å². The Morgan fingerprint density at radius 3 is 2.50 bits per heavy atom. The van der Waals surface area contributed by atoms with E-state index in [1.807, 2.05) is 0 Å². The molecule has 12 heteroatoms. The van der Waals surface area contributed by atoms with E-state index < -0.39 is 21.8 Å². The van der Waals surface area contributed by atoms with Gasteiger partial charge in [0.1, 0.15) is 5.75 Å². The van der Waals surface area contributed by atoms with Gasteiger partial charge in [-0.3, -0.25) is 14.3 Å². The molecule has 0 unspecified atom stereocenters. The van der Waals surface area contributed by atoms with Crippen molar-refractivity contribution >= 4 is 55.8 Å². The molecule has 0 saturated carbocycles. The van der Waals surface area contributed by atoms with Crippen LogP contribution in [-0.4, -0.2) is 43.8 Å². The molecule has 1 fully saturated rings. The van der Waals surface area contributed by atoms with Gasteiger partial charge in [-0.05, 0) is 24.5 Å². The lowest BCUT2D eigenvalue weighted by Crippen LogP contribution is -2.29. The summed E-state index contributed by atoms with van der Waals surface area (Å²) in [6.07, 6.45) is 1.97. The fraction of sp³-hybridized carbons (Fsp3) is 0.286. The normalized spacial score (nSPS) is 14.8. The number of rotatable bonds is 6. The molecule has 0 atom stereocenters. The Hall–Kier alpha value is -2.18. The summed E-state index contributed by atoms with van der Waals surface area (Å²) in [4.78, 5) is 24.8. The van der Waals surface area contributed by atoms with Crippen molar-refractivity contribution in [2.45, 2.75) is 22.1 Å². The van der Waals surface area contributed by atoms with Gasteiger partial charge in [-0.15, -0.1) is 10.2 Å². The van der Waals surface area contributed by atoms with Crippen molar-refractivity contribution in [3.8, 4) is 5.75 Å². The van der Waals surface area contributed by atoms with Crippen LogP contribution in [-0.2, 0) is 19.6 Å². The molecule has 2 aromatic rings. The predicted octanol–water partition coefficient (Wildman–Crippen LogP) is 1.72. The maximum Gasteiger partial charge on any atom is 0.263 e. The van der Waals surface area contributed by atoms with E-state index in [0.717, 1.165) is 16.2 Å². The highest BCUT2D eigenvalue weighted by molar-refractivity contribution is 8.00. The Morgan fingerprint density at radius 2 is 1.92 bits per heavy atom. The number of carbonyl (C=O) groups excluding carboxylic acids is 2. The van der Waals surface area contributed by atoms with E-state index in [4.69, 9.17) is 4.74 Å². The number of methoxy groups -OCH3 is 1.